The first-order chi connectivity index (χ1) is 6.49. The van der Waals surface area contributed by atoms with Crippen LogP contribution in [0.3, 0.4) is 0 Å². The first kappa shape index (κ1) is 12.0. The molecule has 1 unspecified atom stereocenters. The molecule has 1 rings (SSSR count). The Balaban J connectivity index is 2.52. The first-order valence-electron chi connectivity index (χ1n) is 6.17. The Morgan fingerprint density at radius 3 is 2.50 bits per heavy atom. The summed E-state index contributed by atoms with van der Waals surface area (Å²) >= 11 is 0. The zero-order valence-electron chi connectivity index (χ0n) is 10.2. The van der Waals surface area contributed by atoms with E-state index in [1.807, 2.05) is 0 Å². The molecule has 0 aromatic rings. The molecule has 1 saturated carbocycles. The molecule has 1 N–H and O–H groups in total. The molecule has 0 heterocycles. The molecule has 1 heteroatoms. The fourth-order valence-corrected chi connectivity index (χ4v) is 2.81. The van der Waals surface area contributed by atoms with E-state index in [1.165, 1.54) is 19.3 Å². The van der Waals surface area contributed by atoms with Crippen molar-refractivity contribution in [1.29, 1.82) is 0 Å². The molecule has 3 atom stereocenters. The second kappa shape index (κ2) is 4.65. The van der Waals surface area contributed by atoms with Gasteiger partial charge in [0.1, 0.15) is 0 Å². The first-order valence-corrected chi connectivity index (χ1v) is 6.17. The van der Waals surface area contributed by atoms with Crippen LogP contribution in [-0.2, 0) is 0 Å². The Morgan fingerprint density at radius 1 is 1.43 bits per heavy atom. The van der Waals surface area contributed by atoms with Gasteiger partial charge in [-0.2, -0.15) is 0 Å². The van der Waals surface area contributed by atoms with Crippen LogP contribution < -0.4 is 0 Å². The molecule has 0 saturated heterocycles. The topological polar surface area (TPSA) is 20.2 Å². The molecule has 0 spiro atoms. The second-order valence-electron chi connectivity index (χ2n) is 5.71. The summed E-state index contributed by atoms with van der Waals surface area (Å²) < 4.78 is 0. The van der Waals surface area contributed by atoms with Crippen molar-refractivity contribution in [2.75, 3.05) is 0 Å². The minimum absolute atomic E-state index is 0.0729. The summed E-state index contributed by atoms with van der Waals surface area (Å²) in [6.45, 7) is 9.04. The van der Waals surface area contributed by atoms with E-state index < -0.39 is 0 Å². The molecular weight excluding hydrogens is 172 g/mol. The molecule has 14 heavy (non-hydrogen) atoms. The number of aliphatic hydroxyl groups excluding tert-OH is 1. The van der Waals surface area contributed by atoms with Gasteiger partial charge in [-0.1, -0.05) is 34.1 Å². The van der Waals surface area contributed by atoms with E-state index in [1.54, 1.807) is 0 Å². The van der Waals surface area contributed by atoms with Gasteiger partial charge in [-0.05, 0) is 42.9 Å². The van der Waals surface area contributed by atoms with Crippen LogP contribution in [0.15, 0.2) is 0 Å². The molecule has 84 valence electrons. The van der Waals surface area contributed by atoms with Crippen LogP contribution in [0.4, 0.5) is 0 Å². The maximum Gasteiger partial charge on any atom is 0.0593 e. The summed E-state index contributed by atoms with van der Waals surface area (Å²) in [5.41, 5.74) is 0.213. The number of hydrogen-bond acceptors (Lipinski definition) is 1. The van der Waals surface area contributed by atoms with Crippen LogP contribution >= 0.6 is 0 Å². The van der Waals surface area contributed by atoms with Crippen LogP contribution in [-0.4, -0.2) is 11.2 Å². The highest BCUT2D eigenvalue weighted by Crippen LogP contribution is 2.47. The molecule has 1 fully saturated rings. The molecule has 0 aromatic carbocycles. The van der Waals surface area contributed by atoms with Gasteiger partial charge in [0.05, 0.1) is 6.10 Å². The third-order valence-electron chi connectivity index (χ3n) is 4.12. The molecule has 0 amide bonds. The van der Waals surface area contributed by atoms with Crippen molar-refractivity contribution >= 4 is 0 Å². The minimum atomic E-state index is -0.0729. The van der Waals surface area contributed by atoms with E-state index >= 15 is 0 Å². The molecule has 1 aliphatic rings. The summed E-state index contributed by atoms with van der Waals surface area (Å²) in [6, 6.07) is 0. The lowest BCUT2D eigenvalue weighted by Crippen LogP contribution is -2.30. The van der Waals surface area contributed by atoms with Crippen LogP contribution in [0.25, 0.3) is 0 Å². The Hall–Kier alpha value is -0.0400. The predicted molar refractivity (Wildman–Crippen MR) is 61.2 cm³/mol. The lowest BCUT2D eigenvalue weighted by molar-refractivity contribution is 0.0302. The van der Waals surface area contributed by atoms with Crippen molar-refractivity contribution in [3.8, 4) is 0 Å². The average Bonchev–Trinajstić information content (AvgIpc) is 2.50. The largest absolute Gasteiger partial charge is 0.393 e. The standard InChI is InChI=1S/C13H26O/c1-5-6-12(14)13(4)8-7-11(9-13)10(2)3/h10-12,14H,5-9H2,1-4H3/t11-,12?,13+/m0/s1. The SMILES string of the molecule is CCCC(O)[C@]1(C)CC[C@H](C(C)C)C1. The van der Waals surface area contributed by atoms with E-state index in [9.17, 15) is 5.11 Å². The van der Waals surface area contributed by atoms with Gasteiger partial charge in [0, 0.05) is 0 Å². The summed E-state index contributed by atoms with van der Waals surface area (Å²) in [4.78, 5) is 0. The zero-order valence-corrected chi connectivity index (χ0v) is 10.2. The van der Waals surface area contributed by atoms with Crippen LogP contribution in [0, 0.1) is 17.3 Å². The van der Waals surface area contributed by atoms with E-state index in [4.69, 9.17) is 0 Å². The van der Waals surface area contributed by atoms with Gasteiger partial charge in [-0.15, -0.1) is 0 Å². The summed E-state index contributed by atoms with van der Waals surface area (Å²) in [5.74, 6) is 1.62. The number of aliphatic hydroxyl groups is 1. The molecule has 1 nitrogen and oxygen atoms in total. The Morgan fingerprint density at radius 2 is 2.07 bits per heavy atom. The normalized spacial score (nSPS) is 35.1. The third-order valence-corrected chi connectivity index (χ3v) is 4.12. The van der Waals surface area contributed by atoms with Gasteiger partial charge in [0.25, 0.3) is 0 Å². The maximum absolute atomic E-state index is 10.1. The second-order valence-corrected chi connectivity index (χ2v) is 5.71. The Labute approximate surface area is 88.9 Å². The van der Waals surface area contributed by atoms with E-state index in [-0.39, 0.29) is 11.5 Å². The highest BCUT2D eigenvalue weighted by atomic mass is 16.3. The van der Waals surface area contributed by atoms with Gasteiger partial charge in [-0.25, -0.2) is 0 Å². The van der Waals surface area contributed by atoms with Crippen molar-refractivity contribution in [2.45, 2.75) is 65.9 Å². The highest BCUT2D eigenvalue weighted by molar-refractivity contribution is 4.91. The number of hydrogen-bond donors (Lipinski definition) is 1. The van der Waals surface area contributed by atoms with Crippen molar-refractivity contribution < 1.29 is 5.11 Å². The molecule has 0 aromatic heterocycles. The van der Waals surface area contributed by atoms with E-state index in [0.717, 1.165) is 24.7 Å². The zero-order chi connectivity index (χ0) is 10.8. The smallest absolute Gasteiger partial charge is 0.0593 e. The van der Waals surface area contributed by atoms with Gasteiger partial charge in [0.15, 0.2) is 0 Å². The maximum atomic E-state index is 10.1. The quantitative estimate of drug-likeness (QED) is 0.731. The van der Waals surface area contributed by atoms with Crippen molar-refractivity contribution in [3.05, 3.63) is 0 Å². The van der Waals surface area contributed by atoms with Crippen molar-refractivity contribution in [2.24, 2.45) is 17.3 Å². The van der Waals surface area contributed by atoms with Crippen molar-refractivity contribution in [3.63, 3.8) is 0 Å². The van der Waals surface area contributed by atoms with E-state index in [2.05, 4.69) is 27.7 Å². The monoisotopic (exact) mass is 198 g/mol. The van der Waals surface area contributed by atoms with Gasteiger partial charge in [0.2, 0.25) is 0 Å². The molecule has 0 radical (unpaired) electrons. The third kappa shape index (κ3) is 2.50. The molecular formula is C13H26O. The lowest BCUT2D eigenvalue weighted by atomic mass is 9.79. The van der Waals surface area contributed by atoms with Gasteiger partial charge < -0.3 is 5.11 Å². The summed E-state index contributed by atoms with van der Waals surface area (Å²) in [6.07, 6.45) is 5.76. The minimum Gasteiger partial charge on any atom is -0.393 e. The van der Waals surface area contributed by atoms with Crippen LogP contribution in [0.5, 0.6) is 0 Å². The predicted octanol–water partition coefficient (Wildman–Crippen LogP) is 3.61. The van der Waals surface area contributed by atoms with Gasteiger partial charge >= 0.3 is 0 Å². The Bertz CT molecular complexity index is 176. The lowest BCUT2D eigenvalue weighted by Gasteiger charge is -2.30. The van der Waals surface area contributed by atoms with Crippen LogP contribution in [0.1, 0.15) is 59.8 Å². The van der Waals surface area contributed by atoms with Crippen molar-refractivity contribution in [1.82, 2.24) is 0 Å². The summed E-state index contributed by atoms with van der Waals surface area (Å²) in [7, 11) is 0. The molecule has 0 aliphatic heterocycles. The fourth-order valence-electron chi connectivity index (χ4n) is 2.81. The Kier molecular flexibility index (Phi) is 4.00. The molecule has 1 aliphatic carbocycles. The molecule has 0 bridgehead atoms. The summed E-state index contributed by atoms with van der Waals surface area (Å²) in [5, 5.41) is 10.1. The van der Waals surface area contributed by atoms with Gasteiger partial charge in [-0.3, -0.25) is 0 Å². The fraction of sp³-hybridized carbons (Fsp3) is 1.00. The number of rotatable bonds is 4. The van der Waals surface area contributed by atoms with Crippen LogP contribution in [0.2, 0.25) is 0 Å². The average molecular weight is 198 g/mol. The highest BCUT2D eigenvalue weighted by Gasteiger charge is 2.40. The van der Waals surface area contributed by atoms with E-state index in [0.29, 0.717) is 0 Å².